The van der Waals surface area contributed by atoms with Crippen molar-refractivity contribution in [2.24, 2.45) is 5.73 Å². The van der Waals surface area contributed by atoms with Crippen molar-refractivity contribution in [1.29, 1.82) is 0 Å². The minimum absolute atomic E-state index is 0.0704. The van der Waals surface area contributed by atoms with Crippen molar-refractivity contribution in [2.75, 3.05) is 13.2 Å². The molecule has 0 bridgehead atoms. The molecule has 0 aliphatic rings. The Labute approximate surface area is 87.3 Å². The number of aliphatic hydroxyl groups is 1. The number of carbonyl (C=O) groups is 1. The number of aliphatic hydroxyl groups excluding tert-OH is 1. The quantitative estimate of drug-likeness (QED) is 0.485. The molecule has 84 valence electrons. The first-order valence-electron chi connectivity index (χ1n) is 4.73. The van der Waals surface area contributed by atoms with Crippen LogP contribution in [0.15, 0.2) is 6.20 Å². The Kier molecular flexibility index (Phi) is 4.72. The Bertz CT molecular complexity index is 312. The van der Waals surface area contributed by atoms with E-state index in [1.807, 2.05) is 0 Å². The molecule has 1 heterocycles. The molecule has 0 aliphatic carbocycles. The molecule has 1 rings (SSSR count). The van der Waals surface area contributed by atoms with E-state index in [0.717, 1.165) is 0 Å². The topological polar surface area (TPSA) is 106 Å². The van der Waals surface area contributed by atoms with Crippen molar-refractivity contribution in [3.63, 3.8) is 0 Å². The van der Waals surface area contributed by atoms with Crippen molar-refractivity contribution < 1.29 is 9.90 Å². The van der Waals surface area contributed by atoms with Gasteiger partial charge in [-0.1, -0.05) is 5.21 Å². The third-order valence-corrected chi connectivity index (χ3v) is 1.76. The maximum absolute atomic E-state index is 11.3. The number of hydrogen-bond donors (Lipinski definition) is 3. The van der Waals surface area contributed by atoms with Crippen LogP contribution in [0.3, 0.4) is 0 Å². The molecule has 0 aliphatic heterocycles. The fourth-order valence-electron chi connectivity index (χ4n) is 1.02. The summed E-state index contributed by atoms with van der Waals surface area (Å²) in [6, 6.07) is 0. The smallest absolute Gasteiger partial charge is 0.241 e. The summed E-state index contributed by atoms with van der Waals surface area (Å²) >= 11 is 0. The molecule has 0 radical (unpaired) electrons. The van der Waals surface area contributed by atoms with Crippen LogP contribution in [0.2, 0.25) is 0 Å². The van der Waals surface area contributed by atoms with E-state index in [9.17, 15) is 4.79 Å². The predicted octanol–water partition coefficient (Wildman–Crippen LogP) is -1.76. The molecule has 0 saturated carbocycles. The molecule has 0 fully saturated rings. The highest BCUT2D eigenvalue weighted by atomic mass is 16.3. The van der Waals surface area contributed by atoms with Crippen molar-refractivity contribution >= 4 is 5.91 Å². The van der Waals surface area contributed by atoms with Crippen LogP contribution < -0.4 is 11.1 Å². The Balaban J connectivity index is 2.31. The average Bonchev–Trinajstić information content (AvgIpc) is 2.66. The Hall–Kier alpha value is -1.47. The van der Waals surface area contributed by atoms with Crippen LogP contribution in [0.4, 0.5) is 0 Å². The van der Waals surface area contributed by atoms with Gasteiger partial charge in [-0.2, -0.15) is 0 Å². The van der Waals surface area contributed by atoms with Crippen LogP contribution >= 0.6 is 0 Å². The maximum atomic E-state index is 11.3. The van der Waals surface area contributed by atoms with Gasteiger partial charge in [-0.15, -0.1) is 5.10 Å². The van der Waals surface area contributed by atoms with Gasteiger partial charge < -0.3 is 16.2 Å². The number of carbonyl (C=O) groups excluding carboxylic acids is 1. The number of amides is 1. The monoisotopic (exact) mass is 213 g/mol. The molecule has 7 heteroatoms. The van der Waals surface area contributed by atoms with Crippen molar-refractivity contribution in [2.45, 2.75) is 19.5 Å². The molecule has 1 amide bonds. The molecule has 1 aromatic heterocycles. The summed E-state index contributed by atoms with van der Waals surface area (Å²) in [6.07, 6.45) is 2.18. The molecular weight excluding hydrogens is 198 g/mol. The lowest BCUT2D eigenvalue weighted by molar-refractivity contribution is -0.121. The van der Waals surface area contributed by atoms with Gasteiger partial charge in [0.05, 0.1) is 11.9 Å². The zero-order chi connectivity index (χ0) is 11.1. The Morgan fingerprint density at radius 1 is 1.67 bits per heavy atom. The summed E-state index contributed by atoms with van der Waals surface area (Å²) < 4.78 is 1.43. The normalized spacial score (nSPS) is 10.3. The van der Waals surface area contributed by atoms with E-state index in [0.29, 0.717) is 25.2 Å². The van der Waals surface area contributed by atoms with E-state index in [-0.39, 0.29) is 19.1 Å². The lowest BCUT2D eigenvalue weighted by Crippen LogP contribution is -2.29. The van der Waals surface area contributed by atoms with Crippen LogP contribution in [0.25, 0.3) is 0 Å². The van der Waals surface area contributed by atoms with Crippen molar-refractivity contribution in [3.05, 3.63) is 11.9 Å². The molecular formula is C8H15N5O2. The van der Waals surface area contributed by atoms with Crippen LogP contribution in [0, 0.1) is 0 Å². The molecule has 15 heavy (non-hydrogen) atoms. The van der Waals surface area contributed by atoms with Crippen LogP contribution in [0.1, 0.15) is 12.1 Å². The number of aromatic nitrogens is 3. The van der Waals surface area contributed by atoms with Crippen molar-refractivity contribution in [1.82, 2.24) is 20.3 Å². The Morgan fingerprint density at radius 2 is 2.47 bits per heavy atom. The van der Waals surface area contributed by atoms with Gasteiger partial charge in [0.2, 0.25) is 5.91 Å². The molecule has 0 atom stereocenters. The molecule has 4 N–H and O–H groups in total. The highest BCUT2D eigenvalue weighted by Gasteiger charge is 2.04. The van der Waals surface area contributed by atoms with E-state index < -0.39 is 0 Å². The van der Waals surface area contributed by atoms with Gasteiger partial charge in [-0.05, 0) is 6.42 Å². The van der Waals surface area contributed by atoms with E-state index in [1.165, 1.54) is 4.68 Å². The first-order valence-corrected chi connectivity index (χ1v) is 4.73. The average molecular weight is 213 g/mol. The molecule has 7 nitrogen and oxygen atoms in total. The predicted molar refractivity (Wildman–Crippen MR) is 52.6 cm³/mol. The van der Waals surface area contributed by atoms with Gasteiger partial charge in [0, 0.05) is 19.7 Å². The van der Waals surface area contributed by atoms with Crippen LogP contribution in [-0.2, 0) is 17.9 Å². The maximum Gasteiger partial charge on any atom is 0.241 e. The summed E-state index contributed by atoms with van der Waals surface area (Å²) in [7, 11) is 0. The van der Waals surface area contributed by atoms with Gasteiger partial charge in [-0.25, -0.2) is 4.68 Å². The Morgan fingerprint density at radius 3 is 3.07 bits per heavy atom. The first kappa shape index (κ1) is 11.6. The van der Waals surface area contributed by atoms with E-state index in [1.54, 1.807) is 6.20 Å². The number of nitrogens with zero attached hydrogens (tertiary/aromatic N) is 3. The SMILES string of the molecule is NCc1cn(CC(=O)NCCCO)nn1. The second-order valence-corrected chi connectivity index (χ2v) is 3.04. The van der Waals surface area contributed by atoms with Gasteiger partial charge >= 0.3 is 0 Å². The van der Waals surface area contributed by atoms with E-state index in [4.69, 9.17) is 10.8 Å². The summed E-state index contributed by atoms with van der Waals surface area (Å²) in [5, 5.41) is 18.6. The highest BCUT2D eigenvalue weighted by molar-refractivity contribution is 5.75. The second-order valence-electron chi connectivity index (χ2n) is 3.04. The third kappa shape index (κ3) is 4.05. The van der Waals surface area contributed by atoms with E-state index >= 15 is 0 Å². The largest absolute Gasteiger partial charge is 0.396 e. The molecule has 0 unspecified atom stereocenters. The van der Waals surface area contributed by atoms with Crippen LogP contribution in [-0.4, -0.2) is 39.2 Å². The van der Waals surface area contributed by atoms with Gasteiger partial charge in [0.1, 0.15) is 6.54 Å². The fourth-order valence-corrected chi connectivity index (χ4v) is 1.02. The molecule has 0 spiro atoms. The first-order chi connectivity index (χ1) is 7.26. The zero-order valence-electron chi connectivity index (χ0n) is 8.39. The summed E-state index contributed by atoms with van der Waals surface area (Å²) in [5.74, 6) is -0.156. The fraction of sp³-hybridized carbons (Fsp3) is 0.625. The van der Waals surface area contributed by atoms with Crippen molar-refractivity contribution in [3.8, 4) is 0 Å². The summed E-state index contributed by atoms with van der Waals surface area (Å²) in [5.41, 5.74) is 6.00. The van der Waals surface area contributed by atoms with Crippen LogP contribution in [0.5, 0.6) is 0 Å². The number of rotatable bonds is 6. The molecule has 0 saturated heterocycles. The standard InChI is InChI=1S/C8H15N5O2/c9-4-7-5-13(12-11-7)6-8(15)10-2-1-3-14/h5,14H,1-4,6,9H2,(H,10,15). The number of hydrogen-bond acceptors (Lipinski definition) is 5. The minimum Gasteiger partial charge on any atom is -0.396 e. The van der Waals surface area contributed by atoms with Gasteiger partial charge in [-0.3, -0.25) is 4.79 Å². The summed E-state index contributed by atoms with van der Waals surface area (Å²) in [4.78, 5) is 11.3. The van der Waals surface area contributed by atoms with Gasteiger partial charge in [0.15, 0.2) is 0 Å². The number of nitrogens with one attached hydrogen (secondary N) is 1. The zero-order valence-corrected chi connectivity index (χ0v) is 8.39. The lowest BCUT2D eigenvalue weighted by Gasteiger charge is -2.02. The highest BCUT2D eigenvalue weighted by Crippen LogP contribution is 1.90. The second kappa shape index (κ2) is 6.10. The minimum atomic E-state index is -0.156. The van der Waals surface area contributed by atoms with E-state index in [2.05, 4.69) is 15.6 Å². The molecule has 0 aromatic carbocycles. The summed E-state index contributed by atoms with van der Waals surface area (Å²) in [6.45, 7) is 0.971. The molecule has 1 aromatic rings. The lowest BCUT2D eigenvalue weighted by atomic mass is 10.4. The third-order valence-electron chi connectivity index (χ3n) is 1.76. The number of nitrogens with two attached hydrogens (primary N) is 1. The van der Waals surface area contributed by atoms with Gasteiger partial charge in [0.25, 0.3) is 0 Å².